The van der Waals surface area contributed by atoms with Crippen molar-refractivity contribution in [2.45, 2.75) is 43.3 Å². The molecule has 3 N–H and O–H groups in total. The summed E-state index contributed by atoms with van der Waals surface area (Å²) in [5, 5.41) is 23.1. The van der Waals surface area contributed by atoms with Crippen molar-refractivity contribution < 1.29 is 42.3 Å². The van der Waals surface area contributed by atoms with Crippen LogP contribution in [-0.4, -0.2) is 57.4 Å². The summed E-state index contributed by atoms with van der Waals surface area (Å²) in [5.74, 6) is -1.13. The van der Waals surface area contributed by atoms with Gasteiger partial charge in [0.1, 0.15) is 35.6 Å². The summed E-state index contributed by atoms with van der Waals surface area (Å²) in [5.41, 5.74) is 0.180. The Labute approximate surface area is 188 Å². The number of carbonyl (C=O) groups excluding carboxylic acids is 1. The molecule has 1 aromatic carbocycles. The van der Waals surface area contributed by atoms with Crippen molar-refractivity contribution in [3.63, 3.8) is 0 Å². The molecule has 0 aliphatic carbocycles. The lowest BCUT2D eigenvalue weighted by Gasteiger charge is -2.37. The number of carbonyl (C=O) groups is 1. The van der Waals surface area contributed by atoms with Gasteiger partial charge in [-0.05, 0) is 12.5 Å². The molecule has 0 saturated carbocycles. The average Bonchev–Trinajstić information content (AvgIpc) is 2.98. The number of ether oxygens (including phenoxy) is 1. The first-order chi connectivity index (χ1) is 15.1. The van der Waals surface area contributed by atoms with E-state index < -0.39 is 50.1 Å². The zero-order valence-electron chi connectivity index (χ0n) is 16.7. The Balaban J connectivity index is 1.50. The predicted molar refractivity (Wildman–Crippen MR) is 111 cm³/mol. The number of phosphoric acid groups is 1. The minimum absolute atomic E-state index is 0.0866. The molecular weight excluding hydrogens is 466 g/mol. The number of aliphatic hydroxyl groups is 2. The quantitative estimate of drug-likeness (QED) is 0.279. The molecule has 1 saturated heterocycles. The Bertz CT molecular complexity index is 1060. The first-order valence-electron chi connectivity index (χ1n) is 9.42. The third kappa shape index (κ3) is 4.02. The lowest BCUT2D eigenvalue weighted by atomic mass is 10.1. The van der Waals surface area contributed by atoms with Gasteiger partial charge < -0.3 is 29.7 Å². The van der Waals surface area contributed by atoms with Crippen LogP contribution in [0, 0.1) is 19.3 Å². The second-order valence-corrected chi connectivity index (χ2v) is 9.44. The summed E-state index contributed by atoms with van der Waals surface area (Å²) in [6, 6.07) is 5.23. The fourth-order valence-electron chi connectivity index (χ4n) is 3.45. The number of alkyl halides is 1. The highest BCUT2D eigenvalue weighted by atomic mass is 32.1. The van der Waals surface area contributed by atoms with E-state index in [9.17, 15) is 19.6 Å². The number of terminal acetylenes is 1. The van der Waals surface area contributed by atoms with E-state index in [2.05, 4.69) is 23.9 Å². The fraction of sp³-hybridized carbons (Fsp3) is 0.421. The monoisotopic (exact) mass is 486 g/mol. The number of amides is 1. The second-order valence-electron chi connectivity index (χ2n) is 7.36. The van der Waals surface area contributed by atoms with Gasteiger partial charge in [0.15, 0.2) is 6.23 Å². The summed E-state index contributed by atoms with van der Waals surface area (Å²) in [4.78, 5) is 12.9. The van der Waals surface area contributed by atoms with Crippen LogP contribution in [0.5, 0.6) is 5.75 Å². The van der Waals surface area contributed by atoms with Crippen molar-refractivity contribution in [3.05, 3.63) is 41.1 Å². The number of nitrogens with one attached hydrogen (secondary N) is 1. The first-order valence-corrected chi connectivity index (χ1v) is 11.4. The molecule has 0 spiro atoms. The number of aryl methyl sites for hydroxylation is 1. The van der Waals surface area contributed by atoms with Gasteiger partial charge in [0, 0.05) is 11.8 Å². The molecule has 2 unspecified atom stereocenters. The van der Waals surface area contributed by atoms with E-state index in [1.807, 2.05) is 0 Å². The van der Waals surface area contributed by atoms with E-state index in [4.69, 9.17) is 24.7 Å². The molecular formula is C19H20FN2O8PS. The molecule has 1 aromatic rings. The SMILES string of the molecule is C#CC1=CN([C@@H]2O[C@](F)(COP3(=O)OCc4cccc(C)c4O3)[C@@H](O)[C@H]2O)C(S)NC1=O. The number of aliphatic hydroxyl groups excluding tert-OH is 2. The number of halogens is 1. The summed E-state index contributed by atoms with van der Waals surface area (Å²) in [7, 11) is -4.24. The molecule has 3 aliphatic rings. The molecule has 13 heteroatoms. The Hall–Kier alpha value is -2.10. The maximum atomic E-state index is 15.5. The number of benzene rings is 1. The Morgan fingerprint density at radius 2 is 2.25 bits per heavy atom. The maximum Gasteiger partial charge on any atom is 0.530 e. The number of fused-ring (bicyclic) bond motifs is 1. The fourth-order valence-corrected chi connectivity index (χ4v) is 5.06. The third-order valence-corrected chi connectivity index (χ3v) is 6.88. The summed E-state index contributed by atoms with van der Waals surface area (Å²) in [6.07, 6.45) is 1.03. The van der Waals surface area contributed by atoms with Crippen LogP contribution in [0.15, 0.2) is 30.0 Å². The van der Waals surface area contributed by atoms with E-state index in [-0.39, 0.29) is 12.2 Å². The van der Waals surface area contributed by atoms with E-state index >= 15 is 4.39 Å². The molecule has 3 aliphatic heterocycles. The second kappa shape index (κ2) is 8.35. The lowest BCUT2D eigenvalue weighted by Crippen LogP contribution is -2.54. The van der Waals surface area contributed by atoms with E-state index in [1.54, 1.807) is 25.1 Å². The molecule has 6 atom stereocenters. The Kier molecular flexibility index (Phi) is 6.02. The third-order valence-electron chi connectivity index (χ3n) is 5.18. The van der Waals surface area contributed by atoms with Gasteiger partial charge in [0.05, 0.1) is 6.61 Å². The molecule has 3 heterocycles. The molecule has 172 valence electrons. The number of phosphoric ester groups is 1. The van der Waals surface area contributed by atoms with Crippen molar-refractivity contribution in [2.24, 2.45) is 0 Å². The molecule has 1 fully saturated rings. The normalized spacial score (nSPS) is 36.6. The van der Waals surface area contributed by atoms with Crippen molar-refractivity contribution in [1.82, 2.24) is 10.2 Å². The van der Waals surface area contributed by atoms with Gasteiger partial charge >= 0.3 is 7.82 Å². The summed E-state index contributed by atoms with van der Waals surface area (Å²) in [6.45, 7) is 0.569. The predicted octanol–water partition coefficient (Wildman–Crippen LogP) is 0.935. The number of thiol groups is 1. The maximum absolute atomic E-state index is 15.5. The highest BCUT2D eigenvalue weighted by molar-refractivity contribution is 7.80. The number of hydrogen-bond donors (Lipinski definition) is 4. The number of hydrogen-bond acceptors (Lipinski definition) is 10. The lowest BCUT2D eigenvalue weighted by molar-refractivity contribution is -0.212. The largest absolute Gasteiger partial charge is 0.530 e. The van der Waals surface area contributed by atoms with Crippen LogP contribution in [0.2, 0.25) is 0 Å². The highest BCUT2D eigenvalue weighted by Crippen LogP contribution is 2.56. The van der Waals surface area contributed by atoms with Gasteiger partial charge in [-0.15, -0.1) is 19.1 Å². The highest BCUT2D eigenvalue weighted by Gasteiger charge is 2.59. The zero-order chi connectivity index (χ0) is 23.3. The van der Waals surface area contributed by atoms with Crippen LogP contribution >= 0.6 is 20.5 Å². The Morgan fingerprint density at radius 3 is 2.97 bits per heavy atom. The standard InChI is InChI=1S/C19H20FN2O8PS/c1-3-11-7-22(18(32)21-16(11)25)17-13(23)15(24)19(20,29-17)9-28-31(26)27-8-12-6-4-5-10(2)14(12)30-31/h1,4-7,13,15,17-18,23-24,32H,8-9H2,2H3,(H,21,25)/t13-,15+,17-,18?,19-,31?/m1/s1. The molecule has 0 bridgehead atoms. The number of para-hydroxylation sites is 1. The summed E-state index contributed by atoms with van der Waals surface area (Å²) < 4.78 is 49.2. The van der Waals surface area contributed by atoms with E-state index in [0.717, 1.165) is 11.1 Å². The van der Waals surface area contributed by atoms with Crippen molar-refractivity contribution in [3.8, 4) is 18.1 Å². The van der Waals surface area contributed by atoms with Crippen molar-refractivity contribution in [1.29, 1.82) is 0 Å². The van der Waals surface area contributed by atoms with Crippen molar-refractivity contribution in [2.75, 3.05) is 6.61 Å². The van der Waals surface area contributed by atoms with Crippen LogP contribution in [0.1, 0.15) is 11.1 Å². The Morgan fingerprint density at radius 1 is 1.50 bits per heavy atom. The van der Waals surface area contributed by atoms with Crippen LogP contribution in [0.3, 0.4) is 0 Å². The molecule has 0 radical (unpaired) electrons. The van der Waals surface area contributed by atoms with Crippen LogP contribution in [-0.2, 0) is 29.8 Å². The molecule has 1 amide bonds. The van der Waals surface area contributed by atoms with Gasteiger partial charge in [0.25, 0.3) is 11.8 Å². The minimum Gasteiger partial charge on any atom is -0.403 e. The summed E-state index contributed by atoms with van der Waals surface area (Å²) >= 11 is 4.15. The van der Waals surface area contributed by atoms with Gasteiger partial charge in [-0.2, -0.15) is 0 Å². The van der Waals surface area contributed by atoms with Crippen molar-refractivity contribution >= 4 is 26.4 Å². The van der Waals surface area contributed by atoms with Crippen LogP contribution < -0.4 is 9.84 Å². The molecule has 0 aromatic heterocycles. The van der Waals surface area contributed by atoms with Gasteiger partial charge in [0.2, 0.25) is 0 Å². The average molecular weight is 486 g/mol. The van der Waals surface area contributed by atoms with Gasteiger partial charge in [-0.25, -0.2) is 8.96 Å². The van der Waals surface area contributed by atoms with Gasteiger partial charge in [-0.3, -0.25) is 13.8 Å². The molecule has 32 heavy (non-hydrogen) atoms. The topological polar surface area (TPSA) is 127 Å². The van der Waals surface area contributed by atoms with E-state index in [0.29, 0.717) is 16.9 Å². The number of rotatable bonds is 4. The molecule has 4 rings (SSSR count). The van der Waals surface area contributed by atoms with Crippen LogP contribution in [0.25, 0.3) is 0 Å². The van der Waals surface area contributed by atoms with Crippen LogP contribution in [0.4, 0.5) is 4.39 Å². The first kappa shape index (κ1) is 23.1. The molecule has 10 nitrogen and oxygen atoms in total. The van der Waals surface area contributed by atoms with Gasteiger partial charge in [-0.1, -0.05) is 24.1 Å². The zero-order valence-corrected chi connectivity index (χ0v) is 18.5. The number of nitrogens with zero attached hydrogens (tertiary/aromatic N) is 1. The smallest absolute Gasteiger partial charge is 0.403 e. The minimum atomic E-state index is -4.24. The van der Waals surface area contributed by atoms with E-state index in [1.165, 1.54) is 0 Å².